The summed E-state index contributed by atoms with van der Waals surface area (Å²) in [7, 11) is -2.88. The van der Waals surface area contributed by atoms with Crippen molar-refractivity contribution in [3.05, 3.63) is 30.1 Å². The van der Waals surface area contributed by atoms with E-state index in [1.165, 1.54) is 0 Å². The monoisotopic (exact) mass is 308 g/mol. The largest absolute Gasteiger partial charge is 0.353 e. The van der Waals surface area contributed by atoms with Crippen LogP contribution in [0.2, 0.25) is 0 Å². The van der Waals surface area contributed by atoms with Crippen LogP contribution in [0.15, 0.2) is 24.4 Å². The van der Waals surface area contributed by atoms with E-state index >= 15 is 0 Å². The minimum atomic E-state index is -2.88. The number of fused-ring (bicyclic) bond motifs is 1. The van der Waals surface area contributed by atoms with Gasteiger partial charge >= 0.3 is 0 Å². The maximum Gasteiger partial charge on any atom is 0.153 e. The topological polar surface area (TPSA) is 66.7 Å². The molecule has 0 amide bonds. The highest BCUT2D eigenvalue weighted by molar-refractivity contribution is 7.91. The Morgan fingerprint density at radius 3 is 2.76 bits per heavy atom. The van der Waals surface area contributed by atoms with E-state index in [4.69, 9.17) is 4.98 Å². The van der Waals surface area contributed by atoms with E-state index in [-0.39, 0.29) is 11.5 Å². The van der Waals surface area contributed by atoms with Crippen molar-refractivity contribution in [3.8, 4) is 0 Å². The molecule has 3 rings (SSSR count). The molecule has 1 aliphatic heterocycles. The number of hydrogen-bond acceptors (Lipinski definition) is 5. The Balaban J connectivity index is 1.97. The average Bonchev–Trinajstić information content (AvgIpc) is 2.83. The molecule has 0 atom stereocenters. The van der Waals surface area contributed by atoms with Gasteiger partial charge in [-0.25, -0.2) is 13.4 Å². The predicted molar refractivity (Wildman–Crippen MR) is 83.4 cm³/mol. The number of nitrogens with zero attached hydrogens (tertiary/aromatic N) is 3. The number of sulfone groups is 1. The minimum absolute atomic E-state index is 0.210. The molecule has 0 unspecified atom stereocenters. The molecule has 0 aliphatic carbocycles. The van der Waals surface area contributed by atoms with E-state index in [0.29, 0.717) is 13.1 Å². The lowest BCUT2D eigenvalue weighted by Gasteiger charge is -2.27. The molecule has 2 aromatic rings. The van der Waals surface area contributed by atoms with Crippen LogP contribution >= 0.6 is 0 Å². The van der Waals surface area contributed by atoms with Crippen LogP contribution in [0.5, 0.6) is 0 Å². The Kier molecular flexibility index (Phi) is 3.86. The van der Waals surface area contributed by atoms with Gasteiger partial charge in [-0.1, -0.05) is 13.0 Å². The van der Waals surface area contributed by atoms with Crippen molar-refractivity contribution in [2.45, 2.75) is 13.5 Å². The fourth-order valence-corrected chi connectivity index (χ4v) is 3.82. The second-order valence-electron chi connectivity index (χ2n) is 5.23. The number of anilines is 1. The first kappa shape index (κ1) is 14.3. The maximum absolute atomic E-state index is 11.6. The summed E-state index contributed by atoms with van der Waals surface area (Å²) in [6.07, 6.45) is 2.00. The molecule has 3 heterocycles. The molecule has 21 heavy (non-hydrogen) atoms. The summed E-state index contributed by atoms with van der Waals surface area (Å²) in [6, 6.07) is 5.91. The number of pyridine rings is 1. The Labute approximate surface area is 124 Å². The third-order valence-corrected chi connectivity index (χ3v) is 5.40. The van der Waals surface area contributed by atoms with Crippen molar-refractivity contribution in [1.29, 1.82) is 0 Å². The number of nitrogens with one attached hydrogen (secondary N) is 1. The van der Waals surface area contributed by atoms with Crippen molar-refractivity contribution in [3.63, 3.8) is 0 Å². The maximum atomic E-state index is 11.6. The van der Waals surface area contributed by atoms with E-state index in [1.807, 2.05) is 24.4 Å². The molecule has 114 valence electrons. The lowest BCUT2D eigenvalue weighted by molar-refractivity contribution is 0.586. The summed E-state index contributed by atoms with van der Waals surface area (Å²) >= 11 is 0. The van der Waals surface area contributed by atoms with E-state index in [9.17, 15) is 8.42 Å². The van der Waals surface area contributed by atoms with Crippen LogP contribution in [-0.4, -0.2) is 48.9 Å². The quantitative estimate of drug-likeness (QED) is 0.899. The molecule has 1 aliphatic rings. The van der Waals surface area contributed by atoms with Gasteiger partial charge in [0, 0.05) is 25.8 Å². The number of imidazole rings is 1. The Hall–Kier alpha value is -1.60. The number of hydrogen-bond donors (Lipinski definition) is 1. The van der Waals surface area contributed by atoms with Crippen molar-refractivity contribution < 1.29 is 8.42 Å². The molecule has 1 fully saturated rings. The zero-order chi connectivity index (χ0) is 14.9. The molecule has 7 heteroatoms. The van der Waals surface area contributed by atoms with Crippen LogP contribution in [0, 0.1) is 0 Å². The van der Waals surface area contributed by atoms with Crippen LogP contribution in [0.3, 0.4) is 0 Å². The first-order chi connectivity index (χ1) is 10.1. The molecular weight excluding hydrogens is 288 g/mol. The molecule has 0 aromatic carbocycles. The molecule has 1 saturated heterocycles. The van der Waals surface area contributed by atoms with Gasteiger partial charge in [0.25, 0.3) is 0 Å². The lowest BCUT2D eigenvalue weighted by atomic mass is 10.3. The lowest BCUT2D eigenvalue weighted by Crippen LogP contribution is -2.41. The average molecular weight is 308 g/mol. The fraction of sp³-hybridized carbons (Fsp3) is 0.500. The van der Waals surface area contributed by atoms with E-state index < -0.39 is 9.84 Å². The molecule has 1 N–H and O–H groups in total. The second kappa shape index (κ2) is 5.65. The Morgan fingerprint density at radius 1 is 1.29 bits per heavy atom. The van der Waals surface area contributed by atoms with Gasteiger partial charge in [0.1, 0.15) is 5.65 Å². The van der Waals surface area contributed by atoms with Gasteiger partial charge in [0.15, 0.2) is 15.7 Å². The van der Waals surface area contributed by atoms with E-state index in [2.05, 4.69) is 21.5 Å². The van der Waals surface area contributed by atoms with Gasteiger partial charge in [-0.05, 0) is 18.7 Å². The number of aromatic nitrogens is 2. The third-order valence-electron chi connectivity index (χ3n) is 3.79. The minimum Gasteiger partial charge on any atom is -0.353 e. The summed E-state index contributed by atoms with van der Waals surface area (Å²) < 4.78 is 25.3. The summed E-state index contributed by atoms with van der Waals surface area (Å²) in [6.45, 7) is 4.71. The normalized spacial score (nSPS) is 18.2. The van der Waals surface area contributed by atoms with Crippen LogP contribution < -0.4 is 10.2 Å². The summed E-state index contributed by atoms with van der Waals surface area (Å²) in [5.74, 6) is 1.32. The summed E-state index contributed by atoms with van der Waals surface area (Å²) in [5.41, 5.74) is 1.99. The highest BCUT2D eigenvalue weighted by Crippen LogP contribution is 2.23. The smallest absolute Gasteiger partial charge is 0.153 e. The van der Waals surface area contributed by atoms with Gasteiger partial charge in [-0.2, -0.15) is 0 Å². The molecule has 0 bridgehead atoms. The van der Waals surface area contributed by atoms with Gasteiger partial charge in [-0.15, -0.1) is 0 Å². The van der Waals surface area contributed by atoms with Crippen LogP contribution in [0.1, 0.15) is 12.6 Å². The van der Waals surface area contributed by atoms with E-state index in [0.717, 1.165) is 30.2 Å². The summed E-state index contributed by atoms with van der Waals surface area (Å²) in [5, 5.41) is 3.33. The Morgan fingerprint density at radius 2 is 2.05 bits per heavy atom. The summed E-state index contributed by atoms with van der Waals surface area (Å²) in [4.78, 5) is 6.78. The second-order valence-corrected chi connectivity index (χ2v) is 7.53. The molecule has 6 nitrogen and oxygen atoms in total. The zero-order valence-corrected chi connectivity index (χ0v) is 12.9. The van der Waals surface area contributed by atoms with Crippen LogP contribution in [0.25, 0.3) is 5.65 Å². The first-order valence-corrected chi connectivity index (χ1v) is 9.05. The molecule has 0 radical (unpaired) electrons. The van der Waals surface area contributed by atoms with Gasteiger partial charge in [-0.3, -0.25) is 0 Å². The van der Waals surface area contributed by atoms with Gasteiger partial charge in [0.05, 0.1) is 17.2 Å². The van der Waals surface area contributed by atoms with Crippen molar-refractivity contribution in [1.82, 2.24) is 14.7 Å². The highest BCUT2D eigenvalue weighted by Gasteiger charge is 2.25. The first-order valence-electron chi connectivity index (χ1n) is 7.23. The van der Waals surface area contributed by atoms with Crippen molar-refractivity contribution >= 4 is 21.3 Å². The Bertz CT molecular complexity index is 725. The van der Waals surface area contributed by atoms with Gasteiger partial charge in [0.2, 0.25) is 0 Å². The zero-order valence-electron chi connectivity index (χ0n) is 12.1. The van der Waals surface area contributed by atoms with E-state index in [1.54, 1.807) is 0 Å². The third kappa shape index (κ3) is 2.89. The fourth-order valence-electron chi connectivity index (χ4n) is 2.62. The predicted octanol–water partition coefficient (Wildman–Crippen LogP) is 0.679. The highest BCUT2D eigenvalue weighted by atomic mass is 32.2. The van der Waals surface area contributed by atoms with Crippen molar-refractivity contribution in [2.75, 3.05) is 36.0 Å². The SMILES string of the molecule is CCNCc1c(N2CCS(=O)(=O)CC2)nc2ccccn12. The van der Waals surface area contributed by atoms with Crippen LogP contribution in [-0.2, 0) is 16.4 Å². The number of rotatable bonds is 4. The molecular formula is C14H20N4O2S. The molecule has 2 aromatic heterocycles. The standard InChI is InChI=1S/C14H20N4O2S/c1-2-15-11-12-14(16-13-5-3-4-6-18(12)13)17-7-9-21(19,20)10-8-17/h3-6,15H,2,7-11H2,1H3. The molecule has 0 spiro atoms. The molecule has 0 saturated carbocycles. The van der Waals surface area contributed by atoms with Crippen LogP contribution in [0.4, 0.5) is 5.82 Å². The van der Waals surface area contributed by atoms with Gasteiger partial charge < -0.3 is 14.6 Å². The van der Waals surface area contributed by atoms with Crippen molar-refractivity contribution in [2.24, 2.45) is 0 Å².